The highest BCUT2D eigenvalue weighted by Gasteiger charge is 2.33. The lowest BCUT2D eigenvalue weighted by atomic mass is 9.96. The van der Waals surface area contributed by atoms with E-state index in [9.17, 15) is 14.4 Å². The molecule has 2 aromatic heterocycles. The molecule has 0 radical (unpaired) electrons. The SMILES string of the molecule is CCOC(=O)C1=C(C)N=c2s/c(=C/c3ccc(OC(=O)c4ccco4)cc3)c(=O)n2C1c1ccc(OC)cc1. The zero-order valence-electron chi connectivity index (χ0n) is 21.4. The second kappa shape index (κ2) is 11.0. The molecular weight excluding hydrogens is 520 g/mol. The number of fused-ring (bicyclic) bond motifs is 1. The van der Waals surface area contributed by atoms with Gasteiger partial charge < -0.3 is 18.6 Å². The Morgan fingerprint density at radius 2 is 1.77 bits per heavy atom. The lowest BCUT2D eigenvalue weighted by molar-refractivity contribution is -0.139. The Bertz CT molecular complexity index is 1730. The van der Waals surface area contributed by atoms with Gasteiger partial charge in [-0.15, -0.1) is 0 Å². The molecule has 3 heterocycles. The maximum Gasteiger partial charge on any atom is 0.379 e. The molecule has 4 aromatic rings. The Balaban J connectivity index is 1.53. The Morgan fingerprint density at radius 1 is 1.05 bits per heavy atom. The highest BCUT2D eigenvalue weighted by molar-refractivity contribution is 7.07. The summed E-state index contributed by atoms with van der Waals surface area (Å²) in [5, 5.41) is 0. The molecule has 39 heavy (non-hydrogen) atoms. The summed E-state index contributed by atoms with van der Waals surface area (Å²) in [6.45, 7) is 3.67. The average Bonchev–Trinajstić information content (AvgIpc) is 3.58. The lowest BCUT2D eigenvalue weighted by Crippen LogP contribution is -2.39. The van der Waals surface area contributed by atoms with Crippen molar-refractivity contribution < 1.29 is 28.2 Å². The van der Waals surface area contributed by atoms with Crippen LogP contribution in [0.15, 0.2) is 92.4 Å². The van der Waals surface area contributed by atoms with E-state index in [1.54, 1.807) is 69.5 Å². The number of rotatable bonds is 7. The average molecular weight is 545 g/mol. The van der Waals surface area contributed by atoms with Crippen LogP contribution in [-0.4, -0.2) is 30.2 Å². The minimum absolute atomic E-state index is 0.101. The van der Waals surface area contributed by atoms with Crippen molar-refractivity contribution in [2.75, 3.05) is 13.7 Å². The fraction of sp³-hybridized carbons (Fsp3) is 0.172. The number of hydrogen-bond donors (Lipinski definition) is 0. The minimum atomic E-state index is -0.711. The van der Waals surface area contributed by atoms with Crippen molar-refractivity contribution >= 4 is 29.4 Å². The van der Waals surface area contributed by atoms with E-state index < -0.39 is 18.0 Å². The lowest BCUT2D eigenvalue weighted by Gasteiger charge is -2.24. The number of furan rings is 1. The largest absolute Gasteiger partial charge is 0.497 e. The van der Waals surface area contributed by atoms with Crippen LogP contribution in [0.4, 0.5) is 0 Å². The topological polar surface area (TPSA) is 109 Å². The first-order chi connectivity index (χ1) is 18.9. The van der Waals surface area contributed by atoms with E-state index in [0.717, 1.165) is 11.1 Å². The van der Waals surface area contributed by atoms with Crippen LogP contribution in [0.25, 0.3) is 6.08 Å². The molecule has 5 rings (SSSR count). The molecule has 10 heteroatoms. The van der Waals surface area contributed by atoms with Gasteiger partial charge in [-0.3, -0.25) is 9.36 Å². The quantitative estimate of drug-likeness (QED) is 0.258. The number of thiazole rings is 1. The first-order valence-electron chi connectivity index (χ1n) is 12.1. The van der Waals surface area contributed by atoms with E-state index in [4.69, 9.17) is 18.6 Å². The zero-order valence-corrected chi connectivity index (χ0v) is 22.2. The van der Waals surface area contributed by atoms with E-state index in [2.05, 4.69) is 4.99 Å². The van der Waals surface area contributed by atoms with Gasteiger partial charge in [-0.1, -0.05) is 35.6 Å². The monoisotopic (exact) mass is 544 g/mol. The van der Waals surface area contributed by atoms with Crippen molar-refractivity contribution in [3.05, 3.63) is 115 Å². The van der Waals surface area contributed by atoms with Crippen LogP contribution in [0.2, 0.25) is 0 Å². The number of ether oxygens (including phenoxy) is 3. The van der Waals surface area contributed by atoms with Gasteiger partial charge in [0, 0.05) is 0 Å². The van der Waals surface area contributed by atoms with Gasteiger partial charge in [0.1, 0.15) is 11.5 Å². The highest BCUT2D eigenvalue weighted by atomic mass is 32.1. The van der Waals surface area contributed by atoms with E-state index in [1.807, 2.05) is 12.1 Å². The van der Waals surface area contributed by atoms with Crippen LogP contribution < -0.4 is 24.4 Å². The van der Waals surface area contributed by atoms with Gasteiger partial charge in [0.05, 0.1) is 41.8 Å². The van der Waals surface area contributed by atoms with Crippen LogP contribution in [0.5, 0.6) is 11.5 Å². The molecule has 0 saturated heterocycles. The van der Waals surface area contributed by atoms with Crippen molar-refractivity contribution in [2.45, 2.75) is 19.9 Å². The maximum absolute atomic E-state index is 13.7. The van der Waals surface area contributed by atoms with Crippen LogP contribution in [0, 0.1) is 0 Å². The Morgan fingerprint density at radius 3 is 2.41 bits per heavy atom. The van der Waals surface area contributed by atoms with Gasteiger partial charge in [-0.2, -0.15) is 0 Å². The molecule has 9 nitrogen and oxygen atoms in total. The molecule has 1 atom stereocenters. The summed E-state index contributed by atoms with van der Waals surface area (Å²) in [5.41, 5.74) is 1.96. The Hall–Kier alpha value is -4.70. The number of nitrogens with zero attached hydrogens (tertiary/aromatic N) is 2. The molecule has 0 amide bonds. The van der Waals surface area contributed by atoms with Gasteiger partial charge in [-0.05, 0) is 67.4 Å². The number of benzene rings is 2. The van der Waals surface area contributed by atoms with Crippen LogP contribution in [0.1, 0.15) is 41.6 Å². The van der Waals surface area contributed by atoms with Crippen LogP contribution in [-0.2, 0) is 9.53 Å². The molecule has 0 fully saturated rings. The summed E-state index contributed by atoms with van der Waals surface area (Å²) >= 11 is 1.23. The molecule has 1 aliphatic heterocycles. The van der Waals surface area contributed by atoms with Crippen molar-refractivity contribution in [1.29, 1.82) is 0 Å². The molecule has 0 bridgehead atoms. The van der Waals surface area contributed by atoms with Gasteiger partial charge in [0.25, 0.3) is 5.56 Å². The number of carbonyl (C=O) groups excluding carboxylic acids is 2. The van der Waals surface area contributed by atoms with E-state index in [1.165, 1.54) is 28.2 Å². The second-order valence-electron chi connectivity index (χ2n) is 8.51. The van der Waals surface area contributed by atoms with Crippen molar-refractivity contribution in [3.63, 3.8) is 0 Å². The zero-order chi connectivity index (χ0) is 27.5. The normalized spacial score (nSPS) is 14.9. The molecule has 1 aliphatic rings. The van der Waals surface area contributed by atoms with Gasteiger partial charge >= 0.3 is 11.9 Å². The minimum Gasteiger partial charge on any atom is -0.497 e. The Labute approximate surface area is 226 Å². The third-order valence-corrected chi connectivity index (χ3v) is 7.04. The molecular formula is C29H24N2O7S. The van der Waals surface area contributed by atoms with Gasteiger partial charge in [0.2, 0.25) is 5.76 Å². The Kier molecular flexibility index (Phi) is 7.29. The predicted octanol–water partition coefficient (Wildman–Crippen LogP) is 3.62. The number of hydrogen-bond acceptors (Lipinski definition) is 9. The third-order valence-electron chi connectivity index (χ3n) is 6.06. The number of esters is 2. The standard InChI is InChI=1S/C29H24N2O7S/c1-4-36-28(34)24-17(2)30-29-31(25(24)19-9-13-20(35-3)14-10-19)26(32)23(39-29)16-18-7-11-21(12-8-18)38-27(33)22-6-5-15-37-22/h5-16,25H,4H2,1-3H3/b23-16+. The molecule has 0 saturated carbocycles. The summed E-state index contributed by atoms with van der Waals surface area (Å²) in [4.78, 5) is 43.9. The summed E-state index contributed by atoms with van der Waals surface area (Å²) < 4.78 is 22.9. The van der Waals surface area contributed by atoms with Crippen molar-refractivity contribution in [1.82, 2.24) is 4.57 Å². The maximum atomic E-state index is 13.7. The second-order valence-corrected chi connectivity index (χ2v) is 9.52. The summed E-state index contributed by atoms with van der Waals surface area (Å²) in [5.74, 6) is -0.0305. The fourth-order valence-corrected chi connectivity index (χ4v) is 5.28. The summed E-state index contributed by atoms with van der Waals surface area (Å²) in [6, 6.07) is 16.3. The van der Waals surface area contributed by atoms with E-state index in [0.29, 0.717) is 32.1 Å². The summed E-state index contributed by atoms with van der Waals surface area (Å²) in [6.07, 6.45) is 3.13. The highest BCUT2D eigenvalue weighted by Crippen LogP contribution is 2.31. The van der Waals surface area contributed by atoms with Crippen molar-refractivity contribution in [3.8, 4) is 11.5 Å². The fourth-order valence-electron chi connectivity index (χ4n) is 4.23. The molecule has 2 aromatic carbocycles. The van der Waals surface area contributed by atoms with Crippen molar-refractivity contribution in [2.24, 2.45) is 4.99 Å². The first-order valence-corrected chi connectivity index (χ1v) is 12.9. The smallest absolute Gasteiger partial charge is 0.379 e. The first kappa shape index (κ1) is 25.9. The van der Waals surface area contributed by atoms with Gasteiger partial charge in [0.15, 0.2) is 4.80 Å². The van der Waals surface area contributed by atoms with Crippen LogP contribution in [0.3, 0.4) is 0 Å². The number of allylic oxidation sites excluding steroid dienone is 1. The predicted molar refractivity (Wildman–Crippen MR) is 144 cm³/mol. The molecule has 1 unspecified atom stereocenters. The summed E-state index contributed by atoms with van der Waals surface area (Å²) in [7, 11) is 1.57. The molecule has 198 valence electrons. The van der Waals surface area contributed by atoms with Gasteiger partial charge in [-0.25, -0.2) is 14.6 Å². The molecule has 0 spiro atoms. The molecule has 0 N–H and O–H groups in total. The third kappa shape index (κ3) is 5.19. The number of aromatic nitrogens is 1. The molecule has 0 aliphatic carbocycles. The number of carbonyl (C=O) groups is 2. The van der Waals surface area contributed by atoms with E-state index in [-0.39, 0.29) is 17.9 Å². The van der Waals surface area contributed by atoms with E-state index >= 15 is 0 Å². The van der Waals surface area contributed by atoms with Crippen LogP contribution >= 0.6 is 11.3 Å². The number of methoxy groups -OCH3 is 1.